The van der Waals surface area contributed by atoms with Crippen LogP contribution in [0.25, 0.3) is 0 Å². The Balaban J connectivity index is 2.19. The Morgan fingerprint density at radius 1 is 1.28 bits per heavy atom. The summed E-state index contributed by atoms with van der Waals surface area (Å²) in [6, 6.07) is 8.45. The average molecular weight is 345 g/mol. The number of benzene rings is 1. The minimum absolute atomic E-state index is 0.0565. The third kappa shape index (κ3) is 5.21. The number of hydrogen-bond acceptors (Lipinski definition) is 2. The molecule has 1 heterocycles. The molecule has 0 spiro atoms. The number of aryl methyl sites for hydroxylation is 1. The summed E-state index contributed by atoms with van der Waals surface area (Å²) in [6.45, 7) is 9.78. The Morgan fingerprint density at radius 2 is 2.04 bits per heavy atom. The summed E-state index contributed by atoms with van der Waals surface area (Å²) in [5.41, 5.74) is 2.41. The van der Waals surface area contributed by atoms with Crippen molar-refractivity contribution in [3.63, 3.8) is 0 Å². The molecule has 5 heteroatoms. The largest absolute Gasteiger partial charge is 0.353 e. The number of carbonyl (C=O) groups excluding carboxylic acids is 2. The minimum atomic E-state index is -0.170. The van der Waals surface area contributed by atoms with Crippen LogP contribution in [0, 0.1) is 12.8 Å². The van der Waals surface area contributed by atoms with Gasteiger partial charge >= 0.3 is 6.03 Å². The van der Waals surface area contributed by atoms with Crippen LogP contribution in [0.4, 0.5) is 4.79 Å². The Bertz CT molecular complexity index is 602. The van der Waals surface area contributed by atoms with Gasteiger partial charge in [0.2, 0.25) is 5.91 Å². The maximum atomic E-state index is 12.7. The van der Waals surface area contributed by atoms with Crippen LogP contribution >= 0.6 is 0 Å². The highest BCUT2D eigenvalue weighted by Crippen LogP contribution is 2.31. The Hall–Kier alpha value is -2.04. The van der Waals surface area contributed by atoms with Gasteiger partial charge in [-0.1, -0.05) is 36.8 Å². The van der Waals surface area contributed by atoms with Crippen molar-refractivity contribution in [3.05, 3.63) is 35.4 Å². The highest BCUT2D eigenvalue weighted by Gasteiger charge is 2.34. The van der Waals surface area contributed by atoms with E-state index in [4.69, 9.17) is 0 Å². The molecule has 3 unspecified atom stereocenters. The smallest absolute Gasteiger partial charge is 0.317 e. The molecule has 1 aliphatic rings. The second-order valence-corrected chi connectivity index (χ2v) is 7.10. The zero-order valence-electron chi connectivity index (χ0n) is 15.8. The van der Waals surface area contributed by atoms with E-state index in [2.05, 4.69) is 42.7 Å². The van der Waals surface area contributed by atoms with Crippen LogP contribution in [-0.4, -0.2) is 42.5 Å². The number of likely N-dealkylation sites (tertiary alicyclic amines) is 1. The number of urea groups is 1. The quantitative estimate of drug-likeness (QED) is 0.862. The van der Waals surface area contributed by atoms with Gasteiger partial charge in [-0.25, -0.2) is 4.79 Å². The first-order valence-corrected chi connectivity index (χ1v) is 9.34. The van der Waals surface area contributed by atoms with Crippen molar-refractivity contribution in [3.8, 4) is 0 Å². The first-order chi connectivity index (χ1) is 11.9. The van der Waals surface area contributed by atoms with Crippen LogP contribution < -0.4 is 10.6 Å². The van der Waals surface area contributed by atoms with Gasteiger partial charge in [0.1, 0.15) is 0 Å². The zero-order chi connectivity index (χ0) is 18.4. The van der Waals surface area contributed by atoms with Crippen LogP contribution in [0.3, 0.4) is 0 Å². The Kier molecular flexibility index (Phi) is 6.85. The first-order valence-electron chi connectivity index (χ1n) is 9.34. The van der Waals surface area contributed by atoms with Gasteiger partial charge in [-0.15, -0.1) is 0 Å². The predicted molar refractivity (Wildman–Crippen MR) is 101 cm³/mol. The van der Waals surface area contributed by atoms with E-state index in [-0.39, 0.29) is 29.8 Å². The van der Waals surface area contributed by atoms with Gasteiger partial charge in [-0.05, 0) is 39.2 Å². The van der Waals surface area contributed by atoms with Gasteiger partial charge in [0.15, 0.2) is 0 Å². The lowest BCUT2D eigenvalue weighted by Crippen LogP contribution is -2.51. The topological polar surface area (TPSA) is 61.4 Å². The molecule has 1 aromatic rings. The van der Waals surface area contributed by atoms with Gasteiger partial charge in [0.25, 0.3) is 0 Å². The van der Waals surface area contributed by atoms with Crippen LogP contribution in [0.5, 0.6) is 0 Å². The fraction of sp³-hybridized carbons (Fsp3) is 0.600. The number of amides is 3. The normalized spacial score (nSPS) is 21.5. The molecule has 2 N–H and O–H groups in total. The molecule has 5 nitrogen and oxygen atoms in total. The summed E-state index contributed by atoms with van der Waals surface area (Å²) >= 11 is 0. The average Bonchev–Trinajstić information content (AvgIpc) is 2.61. The van der Waals surface area contributed by atoms with E-state index < -0.39 is 0 Å². The standard InChI is InChI=1S/C20H31N3O2/c1-5-15(4)22-19(24)18-11-17(16-9-7-8-14(3)10-16)12-23(13-18)20(25)21-6-2/h7-10,15,17-18H,5-6,11-13H2,1-4H3,(H,21,25)(H,22,24). The van der Waals surface area contributed by atoms with E-state index >= 15 is 0 Å². The number of nitrogens with zero attached hydrogens (tertiary/aromatic N) is 1. The lowest BCUT2D eigenvalue weighted by atomic mass is 9.83. The molecule has 0 radical (unpaired) electrons. The summed E-state index contributed by atoms with van der Waals surface area (Å²) < 4.78 is 0. The molecule has 1 aliphatic heterocycles. The molecular weight excluding hydrogens is 314 g/mol. The second-order valence-electron chi connectivity index (χ2n) is 7.10. The summed E-state index contributed by atoms with van der Waals surface area (Å²) in [5.74, 6) is 0.0702. The summed E-state index contributed by atoms with van der Waals surface area (Å²) in [6.07, 6.45) is 1.68. The fourth-order valence-corrected chi connectivity index (χ4v) is 3.35. The highest BCUT2D eigenvalue weighted by molar-refractivity contribution is 5.81. The van der Waals surface area contributed by atoms with Crippen molar-refractivity contribution >= 4 is 11.9 Å². The van der Waals surface area contributed by atoms with E-state index in [1.165, 1.54) is 11.1 Å². The van der Waals surface area contributed by atoms with Gasteiger partial charge in [-0.3, -0.25) is 4.79 Å². The molecule has 2 rings (SSSR count). The van der Waals surface area contributed by atoms with Crippen molar-refractivity contribution in [1.82, 2.24) is 15.5 Å². The first kappa shape index (κ1) is 19.3. The molecule has 1 saturated heterocycles. The van der Waals surface area contributed by atoms with E-state index in [9.17, 15) is 9.59 Å². The molecule has 0 aromatic heterocycles. The second kappa shape index (κ2) is 8.88. The van der Waals surface area contributed by atoms with Gasteiger partial charge in [0.05, 0.1) is 5.92 Å². The van der Waals surface area contributed by atoms with Crippen LogP contribution in [-0.2, 0) is 4.79 Å². The van der Waals surface area contributed by atoms with E-state index in [0.717, 1.165) is 12.8 Å². The third-order valence-corrected chi connectivity index (χ3v) is 4.95. The molecule has 138 valence electrons. The SMILES string of the molecule is CCNC(=O)N1CC(C(=O)NC(C)CC)CC(c2cccc(C)c2)C1. The van der Waals surface area contributed by atoms with Gasteiger partial charge in [0, 0.05) is 31.6 Å². The predicted octanol–water partition coefficient (Wildman–Crippen LogP) is 3.04. The number of rotatable bonds is 5. The number of nitrogens with one attached hydrogen (secondary N) is 2. The van der Waals surface area contributed by atoms with E-state index in [0.29, 0.717) is 19.6 Å². The van der Waals surface area contributed by atoms with Gasteiger partial charge < -0.3 is 15.5 Å². The number of carbonyl (C=O) groups is 2. The van der Waals surface area contributed by atoms with Crippen molar-refractivity contribution in [2.75, 3.05) is 19.6 Å². The zero-order valence-corrected chi connectivity index (χ0v) is 15.8. The highest BCUT2D eigenvalue weighted by atomic mass is 16.2. The lowest BCUT2D eigenvalue weighted by molar-refractivity contribution is -0.127. The summed E-state index contributed by atoms with van der Waals surface area (Å²) in [5, 5.41) is 5.94. The summed E-state index contributed by atoms with van der Waals surface area (Å²) in [7, 11) is 0. The third-order valence-electron chi connectivity index (χ3n) is 4.95. The van der Waals surface area contributed by atoms with Crippen LogP contribution in [0.2, 0.25) is 0 Å². The van der Waals surface area contributed by atoms with E-state index in [1.54, 1.807) is 4.90 Å². The molecule has 0 saturated carbocycles. The van der Waals surface area contributed by atoms with Crippen LogP contribution in [0.1, 0.15) is 50.7 Å². The van der Waals surface area contributed by atoms with Crippen LogP contribution in [0.15, 0.2) is 24.3 Å². The molecule has 1 aromatic carbocycles. The molecule has 25 heavy (non-hydrogen) atoms. The monoisotopic (exact) mass is 345 g/mol. The van der Waals surface area contributed by atoms with Crippen molar-refractivity contribution in [1.29, 1.82) is 0 Å². The number of piperidine rings is 1. The molecule has 1 fully saturated rings. The molecule has 3 atom stereocenters. The van der Waals surface area contributed by atoms with Crippen molar-refractivity contribution in [2.45, 2.75) is 52.5 Å². The Morgan fingerprint density at radius 3 is 2.68 bits per heavy atom. The summed E-state index contributed by atoms with van der Waals surface area (Å²) in [4.78, 5) is 26.8. The van der Waals surface area contributed by atoms with E-state index in [1.807, 2.05) is 19.9 Å². The Labute approximate surface area is 151 Å². The maximum Gasteiger partial charge on any atom is 0.317 e. The van der Waals surface area contributed by atoms with Crippen molar-refractivity contribution < 1.29 is 9.59 Å². The molecular formula is C20H31N3O2. The minimum Gasteiger partial charge on any atom is -0.353 e. The lowest BCUT2D eigenvalue weighted by Gasteiger charge is -2.37. The van der Waals surface area contributed by atoms with Crippen molar-refractivity contribution in [2.24, 2.45) is 5.92 Å². The van der Waals surface area contributed by atoms with Gasteiger partial charge in [-0.2, -0.15) is 0 Å². The number of hydrogen-bond donors (Lipinski definition) is 2. The molecule has 0 bridgehead atoms. The molecule has 0 aliphatic carbocycles. The molecule has 3 amide bonds. The fourth-order valence-electron chi connectivity index (χ4n) is 3.35. The maximum absolute atomic E-state index is 12.7.